The van der Waals surface area contributed by atoms with Crippen LogP contribution in [0.4, 0.5) is 6.01 Å². The van der Waals surface area contributed by atoms with Gasteiger partial charge in [0, 0.05) is 0 Å². The first-order valence-corrected chi connectivity index (χ1v) is 5.09. The van der Waals surface area contributed by atoms with Gasteiger partial charge in [0.1, 0.15) is 11.7 Å². The van der Waals surface area contributed by atoms with E-state index in [1.165, 1.54) is 0 Å². The maximum Gasteiger partial charge on any atom is 0.316 e. The van der Waals surface area contributed by atoms with Crippen LogP contribution in [0.25, 0.3) is 0 Å². The summed E-state index contributed by atoms with van der Waals surface area (Å²) >= 11 is 0. The smallest absolute Gasteiger partial charge is 0.316 e. The first-order valence-electron chi connectivity index (χ1n) is 5.09. The molecule has 0 amide bonds. The van der Waals surface area contributed by atoms with Crippen molar-refractivity contribution in [1.29, 1.82) is 0 Å². The highest BCUT2D eigenvalue weighted by molar-refractivity contribution is 5.78. The van der Waals surface area contributed by atoms with E-state index in [1.807, 2.05) is 0 Å². The highest BCUT2D eigenvalue weighted by atomic mass is 16.5. The molecule has 86 valence electrons. The molecule has 0 spiro atoms. The van der Waals surface area contributed by atoms with Gasteiger partial charge in [-0.15, -0.1) is 0 Å². The second-order valence-corrected chi connectivity index (χ2v) is 3.54. The Balaban J connectivity index is 2.39. The molecule has 1 atom stereocenters. The third-order valence-electron chi connectivity index (χ3n) is 2.55. The Hall–Kier alpha value is -1.85. The third-order valence-corrected chi connectivity index (χ3v) is 2.55. The number of hydrogen-bond donors (Lipinski definition) is 1. The lowest BCUT2D eigenvalue weighted by Crippen LogP contribution is -2.17. The van der Waals surface area contributed by atoms with Gasteiger partial charge in [0.05, 0.1) is 12.2 Å². The van der Waals surface area contributed by atoms with Gasteiger partial charge in [0.2, 0.25) is 0 Å². The number of carbonyl (C=O) groups excluding carboxylic acids is 1. The Labute approximate surface area is 91.4 Å². The minimum absolute atomic E-state index is 0.208. The Kier molecular flexibility index (Phi) is 2.64. The van der Waals surface area contributed by atoms with E-state index in [0.29, 0.717) is 30.8 Å². The van der Waals surface area contributed by atoms with Crippen LogP contribution < -0.4 is 11.3 Å². The standard InChI is InChI=1S/C10H12N2O4/c1-2-15-9(14)6-4-3-5-7(6)16-10(11)12-8(5)13/h6H,2-4H2,1H3,(H2,11,12,13). The van der Waals surface area contributed by atoms with Gasteiger partial charge in [-0.1, -0.05) is 0 Å². The lowest BCUT2D eigenvalue weighted by atomic mass is 10.1. The maximum atomic E-state index is 11.6. The van der Waals surface area contributed by atoms with Gasteiger partial charge in [0.25, 0.3) is 11.6 Å². The molecule has 0 aliphatic heterocycles. The molecule has 1 aliphatic carbocycles. The first-order chi connectivity index (χ1) is 7.63. The van der Waals surface area contributed by atoms with Gasteiger partial charge in [0.15, 0.2) is 0 Å². The average molecular weight is 224 g/mol. The van der Waals surface area contributed by atoms with Crippen molar-refractivity contribution in [3.05, 3.63) is 21.7 Å². The van der Waals surface area contributed by atoms with Crippen LogP contribution in [0.1, 0.15) is 30.6 Å². The molecule has 16 heavy (non-hydrogen) atoms. The van der Waals surface area contributed by atoms with E-state index in [4.69, 9.17) is 14.9 Å². The molecule has 0 aromatic carbocycles. The van der Waals surface area contributed by atoms with Crippen molar-refractivity contribution in [2.45, 2.75) is 25.7 Å². The maximum absolute atomic E-state index is 11.6. The second-order valence-electron chi connectivity index (χ2n) is 3.54. The summed E-state index contributed by atoms with van der Waals surface area (Å²) in [4.78, 5) is 26.5. The molecule has 1 aromatic heterocycles. The summed E-state index contributed by atoms with van der Waals surface area (Å²) < 4.78 is 10.0. The predicted molar refractivity (Wildman–Crippen MR) is 54.9 cm³/mol. The molecule has 0 radical (unpaired) electrons. The number of nitrogen functional groups attached to an aromatic ring is 1. The SMILES string of the molecule is CCOC(=O)C1CCc2c1oc(N)nc2=O. The van der Waals surface area contributed by atoms with Crippen LogP contribution in [-0.2, 0) is 16.0 Å². The fourth-order valence-electron chi connectivity index (χ4n) is 1.87. The molecular formula is C10H12N2O4. The molecule has 6 nitrogen and oxygen atoms in total. The van der Waals surface area contributed by atoms with E-state index in [9.17, 15) is 9.59 Å². The summed E-state index contributed by atoms with van der Waals surface area (Å²) in [6, 6.07) is -0.208. The van der Waals surface area contributed by atoms with E-state index in [-0.39, 0.29) is 12.0 Å². The molecule has 0 saturated heterocycles. The normalized spacial score (nSPS) is 18.2. The Morgan fingerprint density at radius 2 is 2.44 bits per heavy atom. The van der Waals surface area contributed by atoms with Crippen LogP contribution in [0.5, 0.6) is 0 Å². The topological polar surface area (TPSA) is 95.4 Å². The van der Waals surface area contributed by atoms with Crippen molar-refractivity contribution in [1.82, 2.24) is 4.98 Å². The number of aromatic nitrogens is 1. The van der Waals surface area contributed by atoms with Crippen molar-refractivity contribution in [3.8, 4) is 0 Å². The number of esters is 1. The number of carbonyl (C=O) groups is 1. The molecule has 6 heteroatoms. The van der Waals surface area contributed by atoms with Crippen LogP contribution in [0, 0.1) is 0 Å². The first kappa shape index (κ1) is 10.7. The summed E-state index contributed by atoms with van der Waals surface area (Å²) in [5.41, 5.74) is 5.36. The molecule has 2 rings (SSSR count). The molecular weight excluding hydrogens is 212 g/mol. The molecule has 2 N–H and O–H groups in total. The molecule has 0 fully saturated rings. The fourth-order valence-corrected chi connectivity index (χ4v) is 1.87. The zero-order valence-electron chi connectivity index (χ0n) is 8.86. The molecule has 0 bridgehead atoms. The van der Waals surface area contributed by atoms with E-state index in [2.05, 4.69) is 4.98 Å². The number of nitrogens with zero attached hydrogens (tertiary/aromatic N) is 1. The van der Waals surface area contributed by atoms with Crippen molar-refractivity contribution in [2.24, 2.45) is 0 Å². The number of fused-ring (bicyclic) bond motifs is 1. The van der Waals surface area contributed by atoms with Gasteiger partial charge < -0.3 is 14.9 Å². The number of hydrogen-bond acceptors (Lipinski definition) is 6. The van der Waals surface area contributed by atoms with Crippen molar-refractivity contribution in [2.75, 3.05) is 12.3 Å². The van der Waals surface area contributed by atoms with E-state index in [0.717, 1.165) is 0 Å². The molecule has 1 heterocycles. The second kappa shape index (κ2) is 3.96. The minimum Gasteiger partial charge on any atom is -0.465 e. The summed E-state index contributed by atoms with van der Waals surface area (Å²) in [7, 11) is 0. The van der Waals surface area contributed by atoms with Gasteiger partial charge in [-0.25, -0.2) is 0 Å². The lowest BCUT2D eigenvalue weighted by molar-refractivity contribution is -0.145. The lowest BCUT2D eigenvalue weighted by Gasteiger charge is -2.08. The number of ether oxygens (including phenoxy) is 1. The molecule has 1 aromatic rings. The fraction of sp³-hybridized carbons (Fsp3) is 0.500. The van der Waals surface area contributed by atoms with Crippen LogP contribution >= 0.6 is 0 Å². The van der Waals surface area contributed by atoms with Crippen LogP contribution in [-0.4, -0.2) is 17.6 Å². The molecule has 1 aliphatic rings. The molecule has 1 unspecified atom stereocenters. The highest BCUT2D eigenvalue weighted by Crippen LogP contribution is 2.32. The van der Waals surface area contributed by atoms with Crippen LogP contribution in [0.2, 0.25) is 0 Å². The third kappa shape index (κ3) is 1.66. The predicted octanol–water partition coefficient (Wildman–Crippen LogP) is 0.210. The number of anilines is 1. The van der Waals surface area contributed by atoms with Gasteiger partial charge >= 0.3 is 5.97 Å². The Morgan fingerprint density at radius 1 is 1.69 bits per heavy atom. The number of rotatable bonds is 2. The Bertz CT molecular complexity index is 480. The minimum atomic E-state index is -0.520. The van der Waals surface area contributed by atoms with Crippen molar-refractivity contribution >= 4 is 12.0 Å². The van der Waals surface area contributed by atoms with Crippen LogP contribution in [0.3, 0.4) is 0 Å². The summed E-state index contributed by atoms with van der Waals surface area (Å²) in [5, 5.41) is 0. The number of nitrogens with two attached hydrogens (primary N) is 1. The van der Waals surface area contributed by atoms with Gasteiger partial charge in [-0.05, 0) is 19.8 Å². The highest BCUT2D eigenvalue weighted by Gasteiger charge is 2.34. The Morgan fingerprint density at radius 3 is 3.12 bits per heavy atom. The summed E-state index contributed by atoms with van der Waals surface area (Å²) in [6.45, 7) is 2.03. The zero-order chi connectivity index (χ0) is 11.7. The average Bonchev–Trinajstić information content (AvgIpc) is 2.61. The molecule has 0 saturated carbocycles. The van der Waals surface area contributed by atoms with E-state index in [1.54, 1.807) is 6.92 Å². The quantitative estimate of drug-likeness (QED) is 0.721. The monoisotopic (exact) mass is 224 g/mol. The van der Waals surface area contributed by atoms with Gasteiger partial charge in [-0.2, -0.15) is 4.98 Å². The van der Waals surface area contributed by atoms with Crippen LogP contribution in [0.15, 0.2) is 9.21 Å². The zero-order valence-corrected chi connectivity index (χ0v) is 8.86. The van der Waals surface area contributed by atoms with Gasteiger partial charge in [-0.3, -0.25) is 9.59 Å². The largest absolute Gasteiger partial charge is 0.465 e. The van der Waals surface area contributed by atoms with Crippen molar-refractivity contribution in [3.63, 3.8) is 0 Å². The summed E-state index contributed by atoms with van der Waals surface area (Å²) in [6.07, 6.45) is 0.993. The van der Waals surface area contributed by atoms with E-state index < -0.39 is 11.5 Å². The van der Waals surface area contributed by atoms with E-state index >= 15 is 0 Å². The summed E-state index contributed by atoms with van der Waals surface area (Å²) in [5.74, 6) is -0.584. The van der Waals surface area contributed by atoms with Crippen molar-refractivity contribution < 1.29 is 13.9 Å².